The van der Waals surface area contributed by atoms with Crippen molar-refractivity contribution in [1.82, 2.24) is 4.98 Å². The molecule has 1 aliphatic rings. The summed E-state index contributed by atoms with van der Waals surface area (Å²) in [4.78, 5) is 29.8. The number of hydrogen-bond donors (Lipinski definition) is 1. The first-order valence-electron chi connectivity index (χ1n) is 7.54. The van der Waals surface area contributed by atoms with Crippen LogP contribution in [0.1, 0.15) is 12.0 Å². The third-order valence-electron chi connectivity index (χ3n) is 3.94. The van der Waals surface area contributed by atoms with Crippen molar-refractivity contribution in [3.63, 3.8) is 0 Å². The van der Waals surface area contributed by atoms with Gasteiger partial charge in [0.1, 0.15) is 0 Å². The normalized spacial score (nSPS) is 17.6. The van der Waals surface area contributed by atoms with Crippen molar-refractivity contribution in [3.8, 4) is 0 Å². The predicted octanol–water partition coefficient (Wildman–Crippen LogP) is 3.09. The van der Waals surface area contributed by atoms with E-state index in [1.165, 1.54) is 29.3 Å². The number of amides is 2. The van der Waals surface area contributed by atoms with Gasteiger partial charge in [0.05, 0.1) is 29.1 Å². The van der Waals surface area contributed by atoms with E-state index >= 15 is 0 Å². The van der Waals surface area contributed by atoms with E-state index in [4.69, 9.17) is 0 Å². The van der Waals surface area contributed by atoms with Crippen LogP contribution >= 0.6 is 0 Å². The van der Waals surface area contributed by atoms with Gasteiger partial charge < -0.3 is 10.2 Å². The van der Waals surface area contributed by atoms with E-state index in [1.807, 2.05) is 0 Å². The Labute approximate surface area is 141 Å². The van der Waals surface area contributed by atoms with Gasteiger partial charge in [0, 0.05) is 19.2 Å². The Balaban J connectivity index is 1.75. The van der Waals surface area contributed by atoms with Crippen molar-refractivity contribution >= 4 is 23.2 Å². The Hall–Kier alpha value is -2.90. The second-order valence-corrected chi connectivity index (χ2v) is 5.65. The Morgan fingerprint density at radius 3 is 2.64 bits per heavy atom. The minimum atomic E-state index is -4.57. The molecule has 0 radical (unpaired) electrons. The van der Waals surface area contributed by atoms with Crippen LogP contribution in [-0.4, -0.2) is 23.3 Å². The van der Waals surface area contributed by atoms with Crippen LogP contribution in [0.5, 0.6) is 0 Å². The van der Waals surface area contributed by atoms with Crippen molar-refractivity contribution in [2.75, 3.05) is 16.8 Å². The number of nitrogens with zero attached hydrogens (tertiary/aromatic N) is 2. The fourth-order valence-electron chi connectivity index (χ4n) is 2.72. The molecule has 2 amide bonds. The summed E-state index contributed by atoms with van der Waals surface area (Å²) < 4.78 is 39.0. The largest absolute Gasteiger partial charge is 0.418 e. The Morgan fingerprint density at radius 1 is 1.20 bits per heavy atom. The molecule has 1 aromatic heterocycles. The monoisotopic (exact) mass is 349 g/mol. The van der Waals surface area contributed by atoms with Gasteiger partial charge in [0.15, 0.2) is 0 Å². The zero-order valence-electron chi connectivity index (χ0n) is 13.0. The molecule has 25 heavy (non-hydrogen) atoms. The molecule has 0 spiro atoms. The van der Waals surface area contributed by atoms with Crippen LogP contribution in [0.3, 0.4) is 0 Å². The molecule has 2 heterocycles. The van der Waals surface area contributed by atoms with E-state index in [-0.39, 0.29) is 24.6 Å². The number of hydrogen-bond acceptors (Lipinski definition) is 3. The number of halogens is 3. The van der Waals surface area contributed by atoms with E-state index < -0.39 is 23.6 Å². The number of para-hydroxylation sites is 1. The first-order valence-corrected chi connectivity index (χ1v) is 7.54. The number of benzene rings is 1. The van der Waals surface area contributed by atoms with Crippen LogP contribution in [0.15, 0.2) is 48.8 Å². The molecule has 0 aliphatic carbocycles. The highest BCUT2D eigenvalue weighted by molar-refractivity contribution is 6.03. The molecule has 8 heteroatoms. The summed E-state index contributed by atoms with van der Waals surface area (Å²) in [5.41, 5.74) is -0.678. The van der Waals surface area contributed by atoms with E-state index in [0.717, 1.165) is 6.07 Å². The van der Waals surface area contributed by atoms with E-state index in [0.29, 0.717) is 5.69 Å². The molecular formula is C17H14F3N3O2. The average molecular weight is 349 g/mol. The number of pyridine rings is 1. The van der Waals surface area contributed by atoms with Crippen LogP contribution in [0.2, 0.25) is 0 Å². The van der Waals surface area contributed by atoms with Crippen LogP contribution in [0.25, 0.3) is 0 Å². The van der Waals surface area contributed by atoms with E-state index in [9.17, 15) is 22.8 Å². The fourth-order valence-corrected chi connectivity index (χ4v) is 2.72. The Morgan fingerprint density at radius 2 is 1.96 bits per heavy atom. The van der Waals surface area contributed by atoms with Gasteiger partial charge in [-0.15, -0.1) is 0 Å². The van der Waals surface area contributed by atoms with E-state index in [2.05, 4.69) is 10.3 Å². The van der Waals surface area contributed by atoms with Gasteiger partial charge in [-0.05, 0) is 24.3 Å². The molecule has 1 atom stereocenters. The highest BCUT2D eigenvalue weighted by Crippen LogP contribution is 2.35. The zero-order chi connectivity index (χ0) is 18.0. The van der Waals surface area contributed by atoms with Crippen molar-refractivity contribution in [1.29, 1.82) is 0 Å². The summed E-state index contributed by atoms with van der Waals surface area (Å²) in [6.45, 7) is 0.102. The second-order valence-electron chi connectivity index (χ2n) is 5.65. The third kappa shape index (κ3) is 3.62. The van der Waals surface area contributed by atoms with Crippen molar-refractivity contribution < 1.29 is 22.8 Å². The van der Waals surface area contributed by atoms with Gasteiger partial charge in [-0.25, -0.2) is 0 Å². The van der Waals surface area contributed by atoms with Gasteiger partial charge in [-0.3, -0.25) is 14.6 Å². The lowest BCUT2D eigenvalue weighted by Gasteiger charge is -2.17. The minimum Gasteiger partial charge on any atom is -0.325 e. The number of nitrogens with one attached hydrogen (secondary N) is 1. The first kappa shape index (κ1) is 16.9. The SMILES string of the molecule is O=C(Nc1ccccc1C(F)(F)F)C1CC(=O)N(c2cccnc2)C1. The van der Waals surface area contributed by atoms with Crippen LogP contribution in [0, 0.1) is 5.92 Å². The molecule has 1 aromatic carbocycles. The highest BCUT2D eigenvalue weighted by atomic mass is 19.4. The number of rotatable bonds is 3. The lowest BCUT2D eigenvalue weighted by Crippen LogP contribution is -2.28. The maximum absolute atomic E-state index is 13.0. The summed E-state index contributed by atoms with van der Waals surface area (Å²) >= 11 is 0. The van der Waals surface area contributed by atoms with Crippen LogP contribution in [-0.2, 0) is 15.8 Å². The van der Waals surface area contributed by atoms with Gasteiger partial charge in [-0.1, -0.05) is 12.1 Å². The Kier molecular flexibility index (Phi) is 4.43. The van der Waals surface area contributed by atoms with Gasteiger partial charge in [0.25, 0.3) is 0 Å². The molecule has 1 unspecified atom stereocenters. The van der Waals surface area contributed by atoms with Gasteiger partial charge in [-0.2, -0.15) is 13.2 Å². The third-order valence-corrected chi connectivity index (χ3v) is 3.94. The summed E-state index contributed by atoms with van der Waals surface area (Å²) in [6, 6.07) is 8.10. The molecule has 2 aromatic rings. The molecule has 130 valence electrons. The molecule has 1 fully saturated rings. The molecule has 5 nitrogen and oxygen atoms in total. The molecule has 1 N–H and O–H groups in total. The summed E-state index contributed by atoms with van der Waals surface area (Å²) in [5.74, 6) is -1.61. The average Bonchev–Trinajstić information content (AvgIpc) is 2.97. The topological polar surface area (TPSA) is 62.3 Å². The highest BCUT2D eigenvalue weighted by Gasteiger charge is 2.37. The molecule has 1 saturated heterocycles. The smallest absolute Gasteiger partial charge is 0.325 e. The lowest BCUT2D eigenvalue weighted by atomic mass is 10.1. The number of alkyl halides is 3. The quantitative estimate of drug-likeness (QED) is 0.926. The summed E-state index contributed by atoms with van der Waals surface area (Å²) in [6.07, 6.45) is -1.58. The number of anilines is 2. The van der Waals surface area contributed by atoms with Gasteiger partial charge in [0.2, 0.25) is 11.8 Å². The standard InChI is InChI=1S/C17H14F3N3O2/c18-17(19,20)13-5-1-2-6-14(13)22-16(25)11-8-15(24)23(10-11)12-4-3-7-21-9-12/h1-7,9,11H,8,10H2,(H,22,25). The Bertz CT molecular complexity index is 793. The fraction of sp³-hybridized carbons (Fsp3) is 0.235. The number of carbonyl (C=O) groups excluding carboxylic acids is 2. The molecular weight excluding hydrogens is 335 g/mol. The second kappa shape index (κ2) is 6.54. The van der Waals surface area contributed by atoms with Crippen LogP contribution < -0.4 is 10.2 Å². The summed E-state index contributed by atoms with van der Waals surface area (Å²) in [7, 11) is 0. The first-order chi connectivity index (χ1) is 11.9. The maximum Gasteiger partial charge on any atom is 0.418 e. The number of carbonyl (C=O) groups is 2. The zero-order valence-corrected chi connectivity index (χ0v) is 13.0. The summed E-state index contributed by atoms with van der Waals surface area (Å²) in [5, 5.41) is 2.30. The van der Waals surface area contributed by atoms with Crippen molar-refractivity contribution in [2.45, 2.75) is 12.6 Å². The lowest BCUT2D eigenvalue weighted by molar-refractivity contribution is -0.137. The molecule has 0 bridgehead atoms. The number of aromatic nitrogens is 1. The predicted molar refractivity (Wildman–Crippen MR) is 84.8 cm³/mol. The minimum absolute atomic E-state index is 0.0606. The van der Waals surface area contributed by atoms with Gasteiger partial charge >= 0.3 is 6.18 Å². The van der Waals surface area contributed by atoms with Crippen molar-refractivity contribution in [2.24, 2.45) is 5.92 Å². The molecule has 3 rings (SSSR count). The maximum atomic E-state index is 13.0. The molecule has 1 aliphatic heterocycles. The van der Waals surface area contributed by atoms with Crippen LogP contribution in [0.4, 0.5) is 24.5 Å². The van der Waals surface area contributed by atoms with Crippen molar-refractivity contribution in [3.05, 3.63) is 54.4 Å². The van der Waals surface area contributed by atoms with E-state index in [1.54, 1.807) is 18.3 Å². The molecule has 0 saturated carbocycles.